The van der Waals surface area contributed by atoms with Crippen molar-refractivity contribution in [1.29, 1.82) is 0 Å². The Balaban J connectivity index is 2.00. The molecular formula is C19H19FIN3O2. The van der Waals surface area contributed by atoms with Crippen LogP contribution >= 0.6 is 22.6 Å². The van der Waals surface area contributed by atoms with Gasteiger partial charge in [-0.2, -0.15) is 0 Å². The molecule has 0 amide bonds. The minimum atomic E-state index is -0.493. The first kappa shape index (κ1) is 17.5. The number of aromatic nitrogens is 2. The first-order valence-corrected chi connectivity index (χ1v) is 9.57. The van der Waals surface area contributed by atoms with Gasteiger partial charge in [-0.1, -0.05) is 19.9 Å². The number of aromatic amines is 1. The molecule has 2 aromatic rings. The summed E-state index contributed by atoms with van der Waals surface area (Å²) in [6, 6.07) is 4.79. The molecule has 2 aliphatic rings. The van der Waals surface area contributed by atoms with Crippen LogP contribution in [0.25, 0.3) is 0 Å². The van der Waals surface area contributed by atoms with Gasteiger partial charge in [-0.05, 0) is 53.1 Å². The molecular weight excluding hydrogens is 448 g/mol. The van der Waals surface area contributed by atoms with Crippen molar-refractivity contribution in [3.8, 4) is 0 Å². The Morgan fingerprint density at radius 1 is 1.31 bits per heavy atom. The van der Waals surface area contributed by atoms with E-state index in [-0.39, 0.29) is 17.2 Å². The minimum Gasteiger partial charge on any atom is -0.343 e. The Morgan fingerprint density at radius 3 is 2.73 bits per heavy atom. The average molecular weight is 467 g/mol. The standard InChI is InChI=1S/C19H19FIN3O2/c1-19(2)7-6-12-14(16(19)25)13(9-4-5-10(20)11(21)8-9)15-17(22-12)24(3)23-18(15)26/h4-5,8,13,22H,6-7H2,1-3H3,(H,23,26). The zero-order valence-corrected chi connectivity index (χ0v) is 16.9. The Kier molecular flexibility index (Phi) is 3.91. The van der Waals surface area contributed by atoms with E-state index in [0.29, 0.717) is 20.5 Å². The number of benzene rings is 1. The van der Waals surface area contributed by atoms with E-state index in [1.807, 2.05) is 36.4 Å². The highest BCUT2D eigenvalue weighted by molar-refractivity contribution is 14.1. The second-order valence-electron chi connectivity index (χ2n) is 7.60. The predicted molar refractivity (Wildman–Crippen MR) is 106 cm³/mol. The summed E-state index contributed by atoms with van der Waals surface area (Å²) < 4.78 is 15.9. The van der Waals surface area contributed by atoms with Crippen LogP contribution in [0.3, 0.4) is 0 Å². The van der Waals surface area contributed by atoms with Gasteiger partial charge in [-0.15, -0.1) is 0 Å². The number of ketones is 1. The lowest BCUT2D eigenvalue weighted by Crippen LogP contribution is -2.37. The van der Waals surface area contributed by atoms with Crippen LogP contribution in [0.4, 0.5) is 10.2 Å². The maximum Gasteiger partial charge on any atom is 0.270 e. The molecule has 0 saturated heterocycles. The van der Waals surface area contributed by atoms with E-state index >= 15 is 0 Å². The smallest absolute Gasteiger partial charge is 0.270 e. The lowest BCUT2D eigenvalue weighted by Gasteiger charge is -2.38. The first-order chi connectivity index (χ1) is 12.2. The van der Waals surface area contributed by atoms with E-state index in [9.17, 15) is 14.0 Å². The summed E-state index contributed by atoms with van der Waals surface area (Å²) in [5.41, 5.74) is 2.05. The topological polar surface area (TPSA) is 66.9 Å². The van der Waals surface area contributed by atoms with Gasteiger partial charge in [0.05, 0.1) is 5.56 Å². The normalized spacial score (nSPS) is 21.3. The van der Waals surface area contributed by atoms with Crippen LogP contribution in [0.1, 0.15) is 43.7 Å². The molecule has 1 aliphatic carbocycles. The quantitative estimate of drug-likeness (QED) is 0.630. The molecule has 0 fully saturated rings. The van der Waals surface area contributed by atoms with Gasteiger partial charge in [0.25, 0.3) is 5.56 Å². The van der Waals surface area contributed by atoms with E-state index < -0.39 is 11.3 Å². The number of allylic oxidation sites excluding steroid dienone is 2. The molecule has 4 rings (SSSR count). The van der Waals surface area contributed by atoms with Crippen molar-refractivity contribution in [2.45, 2.75) is 32.6 Å². The van der Waals surface area contributed by atoms with Gasteiger partial charge in [-0.3, -0.25) is 19.4 Å². The van der Waals surface area contributed by atoms with Crippen LogP contribution in [0.15, 0.2) is 34.3 Å². The number of nitrogens with zero attached hydrogens (tertiary/aromatic N) is 1. The largest absolute Gasteiger partial charge is 0.343 e. The Bertz CT molecular complexity index is 1030. The lowest BCUT2D eigenvalue weighted by atomic mass is 9.68. The fraction of sp³-hybridized carbons (Fsp3) is 0.368. The van der Waals surface area contributed by atoms with Crippen molar-refractivity contribution in [1.82, 2.24) is 9.78 Å². The second-order valence-corrected chi connectivity index (χ2v) is 8.76. The van der Waals surface area contributed by atoms with E-state index in [0.717, 1.165) is 24.1 Å². The molecule has 2 heterocycles. The molecule has 0 bridgehead atoms. The molecule has 0 radical (unpaired) electrons. The van der Waals surface area contributed by atoms with Gasteiger partial charge in [-0.25, -0.2) is 4.39 Å². The third kappa shape index (κ3) is 2.47. The molecule has 1 aliphatic heterocycles. The summed E-state index contributed by atoms with van der Waals surface area (Å²) in [7, 11) is 1.76. The van der Waals surface area contributed by atoms with Crippen molar-refractivity contribution in [2.75, 3.05) is 5.32 Å². The van der Waals surface area contributed by atoms with Gasteiger partial charge >= 0.3 is 0 Å². The number of anilines is 1. The van der Waals surface area contributed by atoms with E-state index in [2.05, 4.69) is 10.4 Å². The van der Waals surface area contributed by atoms with Gasteiger partial charge < -0.3 is 5.32 Å². The molecule has 0 spiro atoms. The van der Waals surface area contributed by atoms with Crippen molar-refractivity contribution in [3.63, 3.8) is 0 Å². The number of nitrogens with one attached hydrogen (secondary N) is 2. The van der Waals surface area contributed by atoms with Gasteiger partial charge in [0, 0.05) is 33.2 Å². The number of aryl methyl sites for hydroxylation is 1. The first-order valence-electron chi connectivity index (χ1n) is 8.49. The van der Waals surface area contributed by atoms with Gasteiger partial charge in [0.15, 0.2) is 5.78 Å². The molecule has 0 saturated carbocycles. The minimum absolute atomic E-state index is 0.0458. The maximum atomic E-state index is 13.8. The van der Waals surface area contributed by atoms with Crippen molar-refractivity contribution in [3.05, 3.63) is 60.3 Å². The number of halogens is 2. The fourth-order valence-electron chi connectivity index (χ4n) is 3.91. The molecule has 1 aromatic heterocycles. The Hall–Kier alpha value is -1.90. The zero-order valence-electron chi connectivity index (χ0n) is 14.7. The molecule has 1 unspecified atom stereocenters. The summed E-state index contributed by atoms with van der Waals surface area (Å²) in [5.74, 6) is -0.0857. The third-order valence-corrected chi connectivity index (χ3v) is 6.24. The summed E-state index contributed by atoms with van der Waals surface area (Å²) in [6.45, 7) is 3.88. The summed E-state index contributed by atoms with van der Waals surface area (Å²) in [5, 5.41) is 6.07. The van der Waals surface area contributed by atoms with Crippen molar-refractivity contribution < 1.29 is 9.18 Å². The predicted octanol–water partition coefficient (Wildman–Crippen LogP) is 3.66. The van der Waals surface area contributed by atoms with Crippen molar-refractivity contribution >= 4 is 34.2 Å². The molecule has 1 aromatic carbocycles. The van der Waals surface area contributed by atoms with Crippen molar-refractivity contribution in [2.24, 2.45) is 12.5 Å². The Labute approximate surface area is 163 Å². The molecule has 1 atom stereocenters. The number of H-pyrrole nitrogens is 1. The van der Waals surface area contributed by atoms with Gasteiger partial charge in [0.1, 0.15) is 11.6 Å². The monoisotopic (exact) mass is 467 g/mol. The second kappa shape index (κ2) is 5.80. The molecule has 2 N–H and O–H groups in total. The summed E-state index contributed by atoms with van der Waals surface area (Å²) >= 11 is 1.94. The highest BCUT2D eigenvalue weighted by atomic mass is 127. The average Bonchev–Trinajstić information content (AvgIpc) is 2.86. The van der Waals surface area contributed by atoms with Crippen LogP contribution in [0.5, 0.6) is 0 Å². The maximum absolute atomic E-state index is 13.8. The van der Waals surface area contributed by atoms with Crippen LogP contribution in [-0.2, 0) is 11.8 Å². The van der Waals surface area contributed by atoms with Crippen LogP contribution in [0.2, 0.25) is 0 Å². The molecule has 5 nitrogen and oxygen atoms in total. The lowest BCUT2D eigenvalue weighted by molar-refractivity contribution is -0.124. The number of carbonyl (C=O) groups excluding carboxylic acids is 1. The highest BCUT2D eigenvalue weighted by Crippen LogP contribution is 2.48. The number of carbonyl (C=O) groups is 1. The fourth-order valence-corrected chi connectivity index (χ4v) is 4.45. The third-order valence-electron chi connectivity index (χ3n) is 5.41. The summed E-state index contributed by atoms with van der Waals surface area (Å²) in [6.07, 6.45) is 1.49. The number of rotatable bonds is 1. The number of fused-ring (bicyclic) bond motifs is 1. The number of Topliss-reactive ketones (excluding diaryl/α,β-unsaturated/α-hetero) is 1. The SMILES string of the molecule is Cn1[nH]c(=O)c2c1NC1=C(C(=O)C(C)(C)CC1)C2c1ccc(F)c(I)c1. The van der Waals surface area contributed by atoms with Crippen LogP contribution < -0.4 is 10.9 Å². The molecule has 26 heavy (non-hydrogen) atoms. The Morgan fingerprint density at radius 2 is 2.04 bits per heavy atom. The molecule has 136 valence electrons. The number of hydrogen-bond acceptors (Lipinski definition) is 3. The number of hydrogen-bond donors (Lipinski definition) is 2. The van der Waals surface area contributed by atoms with E-state index in [1.54, 1.807) is 23.9 Å². The summed E-state index contributed by atoms with van der Waals surface area (Å²) in [4.78, 5) is 25.9. The van der Waals surface area contributed by atoms with E-state index in [1.165, 1.54) is 6.07 Å². The van der Waals surface area contributed by atoms with Gasteiger partial charge in [0.2, 0.25) is 0 Å². The van der Waals surface area contributed by atoms with Crippen LogP contribution in [0, 0.1) is 14.8 Å². The van der Waals surface area contributed by atoms with Crippen LogP contribution in [-0.4, -0.2) is 15.6 Å². The highest BCUT2D eigenvalue weighted by Gasteiger charge is 2.44. The van der Waals surface area contributed by atoms with E-state index in [4.69, 9.17) is 0 Å². The molecule has 7 heteroatoms. The zero-order chi connectivity index (χ0) is 18.8.